The Morgan fingerprint density at radius 1 is 1.18 bits per heavy atom. The van der Waals surface area contributed by atoms with Crippen molar-refractivity contribution in [2.75, 3.05) is 31.3 Å². The van der Waals surface area contributed by atoms with E-state index in [-0.39, 0.29) is 0 Å². The third-order valence-electron chi connectivity index (χ3n) is 3.64. The van der Waals surface area contributed by atoms with E-state index in [1.807, 2.05) is 0 Å². The molecule has 0 saturated heterocycles. The van der Waals surface area contributed by atoms with Gasteiger partial charge < -0.3 is 9.47 Å². The van der Waals surface area contributed by atoms with E-state index >= 15 is 0 Å². The predicted molar refractivity (Wildman–Crippen MR) is 109 cm³/mol. The molecule has 0 aromatic heterocycles. The first-order valence-corrected chi connectivity index (χ1v) is 10.2. The van der Waals surface area contributed by atoms with Crippen LogP contribution in [0.5, 0.6) is 11.5 Å². The summed E-state index contributed by atoms with van der Waals surface area (Å²) in [6.45, 7) is -0.433. The number of ether oxygens (including phenoxy) is 2. The molecule has 2 rings (SSSR count). The molecule has 0 fully saturated rings. The van der Waals surface area contributed by atoms with Crippen LogP contribution in [-0.2, 0) is 14.8 Å². The van der Waals surface area contributed by atoms with Gasteiger partial charge in [0.15, 0.2) is 0 Å². The number of carbonyl (C=O) groups is 1. The highest BCUT2D eigenvalue weighted by atomic mass is 35.5. The van der Waals surface area contributed by atoms with Crippen LogP contribution >= 0.6 is 11.6 Å². The summed E-state index contributed by atoms with van der Waals surface area (Å²) in [5, 5.41) is 4.32. The number of rotatable bonds is 8. The van der Waals surface area contributed by atoms with E-state index in [9.17, 15) is 13.2 Å². The highest BCUT2D eigenvalue weighted by molar-refractivity contribution is 7.92. The number of hydrazone groups is 1. The van der Waals surface area contributed by atoms with Gasteiger partial charge in [0.25, 0.3) is 5.91 Å². The molecule has 1 amide bonds. The Bertz CT molecular complexity index is 962. The maximum atomic E-state index is 12.2. The van der Waals surface area contributed by atoms with Crippen molar-refractivity contribution in [2.24, 2.45) is 5.10 Å². The molecule has 0 bridgehead atoms. The minimum Gasteiger partial charge on any atom is -0.497 e. The zero-order valence-corrected chi connectivity index (χ0v) is 17.1. The summed E-state index contributed by atoms with van der Waals surface area (Å²) in [6.07, 6.45) is 2.41. The van der Waals surface area contributed by atoms with Crippen LogP contribution in [0, 0.1) is 0 Å². The van der Waals surface area contributed by atoms with E-state index in [0.717, 1.165) is 10.6 Å². The monoisotopic (exact) mass is 425 g/mol. The number of hydrogen-bond donors (Lipinski definition) is 1. The van der Waals surface area contributed by atoms with Crippen LogP contribution in [0.1, 0.15) is 5.56 Å². The topological polar surface area (TPSA) is 97.3 Å². The number of carbonyl (C=O) groups excluding carboxylic acids is 1. The van der Waals surface area contributed by atoms with Gasteiger partial charge in [-0.2, -0.15) is 5.10 Å². The molecule has 0 radical (unpaired) electrons. The van der Waals surface area contributed by atoms with Gasteiger partial charge in [-0.15, -0.1) is 0 Å². The quantitative estimate of drug-likeness (QED) is 0.517. The zero-order valence-electron chi connectivity index (χ0n) is 15.5. The molecule has 0 aliphatic heterocycles. The Kier molecular flexibility index (Phi) is 7.24. The van der Waals surface area contributed by atoms with Gasteiger partial charge in [-0.3, -0.25) is 9.10 Å². The molecule has 28 heavy (non-hydrogen) atoms. The lowest BCUT2D eigenvalue weighted by Gasteiger charge is -2.21. The third-order valence-corrected chi connectivity index (χ3v) is 5.03. The second-order valence-electron chi connectivity index (χ2n) is 5.65. The van der Waals surface area contributed by atoms with E-state index in [0.29, 0.717) is 27.8 Å². The normalized spacial score (nSPS) is 11.3. The molecule has 150 valence electrons. The molecule has 10 heteroatoms. The smallest absolute Gasteiger partial charge is 0.260 e. The van der Waals surface area contributed by atoms with E-state index < -0.39 is 22.5 Å². The number of nitrogens with zero attached hydrogens (tertiary/aromatic N) is 2. The number of benzene rings is 2. The van der Waals surface area contributed by atoms with Crippen LogP contribution in [0.3, 0.4) is 0 Å². The molecule has 2 aromatic carbocycles. The van der Waals surface area contributed by atoms with Crippen LogP contribution in [0.25, 0.3) is 0 Å². The Hall–Kier alpha value is -2.78. The van der Waals surface area contributed by atoms with Crippen LogP contribution in [0.4, 0.5) is 5.69 Å². The van der Waals surface area contributed by atoms with Crippen molar-refractivity contribution < 1.29 is 22.7 Å². The SMILES string of the molecule is COc1ccc(/C=N/NC(=O)CN(c2ccc(Cl)cc2)S(C)(=O)=O)c(OC)c1. The number of nitrogens with one attached hydrogen (secondary N) is 1. The maximum absolute atomic E-state index is 12.2. The van der Waals surface area contributed by atoms with Crippen molar-refractivity contribution in [1.82, 2.24) is 5.43 Å². The highest BCUT2D eigenvalue weighted by Crippen LogP contribution is 2.23. The lowest BCUT2D eigenvalue weighted by atomic mass is 10.2. The molecule has 0 atom stereocenters. The fourth-order valence-electron chi connectivity index (χ4n) is 2.27. The minimum atomic E-state index is -3.68. The second kappa shape index (κ2) is 9.43. The van der Waals surface area contributed by atoms with Gasteiger partial charge >= 0.3 is 0 Å². The first kappa shape index (κ1) is 21.5. The molecule has 0 aliphatic rings. The molecule has 2 aromatic rings. The Balaban J connectivity index is 2.09. The third kappa shape index (κ3) is 5.86. The zero-order chi connectivity index (χ0) is 20.7. The van der Waals surface area contributed by atoms with Crippen molar-refractivity contribution in [3.63, 3.8) is 0 Å². The van der Waals surface area contributed by atoms with Gasteiger partial charge in [-0.25, -0.2) is 13.8 Å². The number of hydrogen-bond acceptors (Lipinski definition) is 6. The van der Waals surface area contributed by atoms with Crippen molar-refractivity contribution in [3.05, 3.63) is 53.1 Å². The second-order valence-corrected chi connectivity index (χ2v) is 7.99. The molecule has 0 saturated carbocycles. The number of amides is 1. The van der Waals surface area contributed by atoms with Crippen LogP contribution < -0.4 is 19.2 Å². The van der Waals surface area contributed by atoms with Gasteiger partial charge in [0, 0.05) is 16.7 Å². The Morgan fingerprint density at radius 2 is 1.86 bits per heavy atom. The van der Waals surface area contributed by atoms with Crippen LogP contribution in [0.2, 0.25) is 5.02 Å². The van der Waals surface area contributed by atoms with Crippen LogP contribution in [0.15, 0.2) is 47.6 Å². The minimum absolute atomic E-state index is 0.322. The van der Waals surface area contributed by atoms with E-state index in [1.165, 1.54) is 32.6 Å². The number of sulfonamides is 1. The van der Waals surface area contributed by atoms with Gasteiger partial charge in [0.05, 0.1) is 32.4 Å². The fraction of sp³-hybridized carbons (Fsp3) is 0.222. The van der Waals surface area contributed by atoms with Crippen LogP contribution in [-0.4, -0.2) is 47.6 Å². The van der Waals surface area contributed by atoms with Crippen molar-refractivity contribution in [3.8, 4) is 11.5 Å². The number of methoxy groups -OCH3 is 2. The van der Waals surface area contributed by atoms with Gasteiger partial charge in [-0.05, 0) is 36.4 Å². The average molecular weight is 426 g/mol. The average Bonchev–Trinajstić information content (AvgIpc) is 2.66. The Morgan fingerprint density at radius 3 is 2.43 bits per heavy atom. The number of halogens is 1. The summed E-state index contributed by atoms with van der Waals surface area (Å²) in [5.74, 6) is 0.519. The lowest BCUT2D eigenvalue weighted by Crippen LogP contribution is -2.39. The molecule has 0 heterocycles. The summed E-state index contributed by atoms with van der Waals surface area (Å²) in [5.41, 5.74) is 3.24. The largest absolute Gasteiger partial charge is 0.497 e. The van der Waals surface area contributed by atoms with E-state index in [2.05, 4.69) is 10.5 Å². The molecule has 0 unspecified atom stereocenters. The molecular formula is C18H20ClN3O5S. The standard InChI is InChI=1S/C18H20ClN3O5S/c1-26-16-9-4-13(17(10-16)27-2)11-20-21-18(23)12-22(28(3,24)25)15-7-5-14(19)6-8-15/h4-11H,12H2,1-3H3,(H,21,23)/b20-11+. The predicted octanol–water partition coefficient (Wildman–Crippen LogP) is 2.27. The van der Waals surface area contributed by atoms with Crippen molar-refractivity contribution in [1.29, 1.82) is 0 Å². The first-order chi connectivity index (χ1) is 13.2. The van der Waals surface area contributed by atoms with Gasteiger partial charge in [0.1, 0.15) is 18.0 Å². The molecule has 8 nitrogen and oxygen atoms in total. The van der Waals surface area contributed by atoms with Gasteiger partial charge in [0.2, 0.25) is 10.0 Å². The molecule has 0 spiro atoms. The molecule has 1 N–H and O–H groups in total. The summed E-state index contributed by atoms with van der Waals surface area (Å²) in [4.78, 5) is 12.2. The Labute approximate surface area is 168 Å². The number of anilines is 1. The maximum Gasteiger partial charge on any atom is 0.260 e. The lowest BCUT2D eigenvalue weighted by molar-refractivity contribution is -0.119. The van der Waals surface area contributed by atoms with Crippen molar-refractivity contribution in [2.45, 2.75) is 0 Å². The van der Waals surface area contributed by atoms with Gasteiger partial charge in [-0.1, -0.05) is 11.6 Å². The first-order valence-electron chi connectivity index (χ1n) is 8.02. The summed E-state index contributed by atoms with van der Waals surface area (Å²) < 4.78 is 35.4. The summed E-state index contributed by atoms with van der Waals surface area (Å²) in [7, 11) is -0.638. The van der Waals surface area contributed by atoms with E-state index in [1.54, 1.807) is 30.3 Å². The van der Waals surface area contributed by atoms with Crippen molar-refractivity contribution >= 4 is 39.4 Å². The molecule has 0 aliphatic carbocycles. The molecular weight excluding hydrogens is 406 g/mol. The highest BCUT2D eigenvalue weighted by Gasteiger charge is 2.20. The van der Waals surface area contributed by atoms with E-state index in [4.69, 9.17) is 21.1 Å². The summed E-state index contributed by atoms with van der Waals surface area (Å²) >= 11 is 5.82. The summed E-state index contributed by atoms with van der Waals surface area (Å²) in [6, 6.07) is 11.2. The fourth-order valence-corrected chi connectivity index (χ4v) is 3.25.